The Morgan fingerprint density at radius 3 is 2.31 bits per heavy atom. The monoisotopic (exact) mass is 382 g/mol. The lowest BCUT2D eigenvalue weighted by Crippen LogP contribution is -2.19. The Morgan fingerprint density at radius 1 is 1.04 bits per heavy atom. The molecule has 0 saturated heterocycles. The van der Waals surface area contributed by atoms with E-state index in [0.29, 0.717) is 5.56 Å². The average Bonchev–Trinajstić information content (AvgIpc) is 3.09. The number of rotatable bonds is 5. The van der Waals surface area contributed by atoms with E-state index in [1.807, 2.05) is 24.3 Å². The van der Waals surface area contributed by atoms with Crippen molar-refractivity contribution in [2.24, 2.45) is 4.99 Å². The van der Waals surface area contributed by atoms with E-state index in [0.717, 1.165) is 42.2 Å². The van der Waals surface area contributed by atoms with Crippen LogP contribution in [0.15, 0.2) is 53.5 Å². The largest absolute Gasteiger partial charge is 0.416 e. The van der Waals surface area contributed by atoms with Gasteiger partial charge in [-0.3, -0.25) is 9.79 Å². The minimum atomic E-state index is -4.40. The number of carbonyl (C=O) groups is 1. The first-order valence-corrected chi connectivity index (χ1v) is 7.97. The maximum absolute atomic E-state index is 12.7. The molecule has 3 rings (SSSR count). The number of alkyl halides is 3. The van der Waals surface area contributed by atoms with Crippen LogP contribution in [0.4, 0.5) is 13.2 Å². The molecule has 0 fully saturated rings. The molecule has 1 N–H and O–H groups in total. The van der Waals surface area contributed by atoms with Gasteiger partial charge < -0.3 is 5.32 Å². The molecule has 0 bridgehead atoms. The Labute approximate surface area is 155 Å². The molecule has 0 unspecified atom stereocenters. The van der Waals surface area contributed by atoms with Gasteiger partial charge in [0.1, 0.15) is 11.6 Å². The number of aliphatic imine (C=N–C) groups is 1. The fourth-order valence-corrected chi connectivity index (χ4v) is 2.80. The van der Waals surface area contributed by atoms with Crippen molar-refractivity contribution in [1.82, 2.24) is 5.32 Å². The lowest BCUT2D eigenvalue weighted by molar-refractivity contribution is -0.137. The Bertz CT molecular complexity index is 818. The van der Waals surface area contributed by atoms with Crippen molar-refractivity contribution >= 4 is 24.0 Å². The molecule has 7 heteroatoms. The van der Waals surface area contributed by atoms with Crippen molar-refractivity contribution in [3.8, 4) is 0 Å². The van der Waals surface area contributed by atoms with E-state index in [2.05, 4.69) is 10.3 Å². The fourth-order valence-electron chi connectivity index (χ4n) is 2.80. The van der Waals surface area contributed by atoms with Gasteiger partial charge in [-0.15, -0.1) is 12.4 Å². The van der Waals surface area contributed by atoms with Crippen LogP contribution in [-0.4, -0.2) is 24.7 Å². The molecule has 0 atom stereocenters. The molecule has 1 aliphatic heterocycles. The normalized spacial score (nSPS) is 13.6. The third-order valence-corrected chi connectivity index (χ3v) is 3.93. The van der Waals surface area contributed by atoms with Crippen molar-refractivity contribution in [1.29, 1.82) is 0 Å². The van der Waals surface area contributed by atoms with E-state index in [9.17, 15) is 18.0 Å². The molecule has 1 aliphatic rings. The summed E-state index contributed by atoms with van der Waals surface area (Å²) in [7, 11) is 0. The zero-order valence-electron chi connectivity index (χ0n) is 13.8. The second kappa shape index (κ2) is 8.36. The molecule has 0 aliphatic carbocycles. The van der Waals surface area contributed by atoms with Crippen molar-refractivity contribution < 1.29 is 18.0 Å². The lowest BCUT2D eigenvalue weighted by atomic mass is 10.00. The Kier molecular flexibility index (Phi) is 6.42. The third kappa shape index (κ3) is 5.08. The standard InChI is InChI=1S/C19H17F3N2O.ClH/c20-19(21,22)16-6-2-4-14(10-16)12-17(25)11-13-3-1-5-15(9-13)18-23-7-8-24-18;/h1-6,9-10H,7-8,11-12H2,(H,23,24);1H. The van der Waals surface area contributed by atoms with Gasteiger partial charge in [0.05, 0.1) is 12.1 Å². The maximum Gasteiger partial charge on any atom is 0.416 e. The van der Waals surface area contributed by atoms with Crippen LogP contribution in [0, 0.1) is 0 Å². The summed E-state index contributed by atoms with van der Waals surface area (Å²) in [5, 5.41) is 3.17. The molecular weight excluding hydrogens is 365 g/mol. The van der Waals surface area contributed by atoms with Crippen LogP contribution >= 0.6 is 12.4 Å². The highest BCUT2D eigenvalue weighted by atomic mass is 35.5. The van der Waals surface area contributed by atoms with Gasteiger partial charge in [-0.2, -0.15) is 13.2 Å². The number of hydrogen-bond donors (Lipinski definition) is 1. The molecule has 2 aromatic rings. The summed E-state index contributed by atoms with van der Waals surface area (Å²) in [5.41, 5.74) is 1.38. The number of Topliss-reactive ketones (excluding diaryl/α,β-unsaturated/α-hetero) is 1. The van der Waals surface area contributed by atoms with E-state index in [1.54, 1.807) is 6.07 Å². The zero-order chi connectivity index (χ0) is 17.9. The molecule has 1 heterocycles. The quantitative estimate of drug-likeness (QED) is 0.853. The van der Waals surface area contributed by atoms with E-state index < -0.39 is 11.7 Å². The van der Waals surface area contributed by atoms with E-state index in [1.165, 1.54) is 6.07 Å². The summed E-state index contributed by atoms with van der Waals surface area (Å²) in [6.45, 7) is 1.53. The second-order valence-electron chi connectivity index (χ2n) is 5.95. The number of amidine groups is 1. The van der Waals surface area contributed by atoms with Gasteiger partial charge in [0.15, 0.2) is 0 Å². The van der Waals surface area contributed by atoms with Crippen LogP contribution in [0.3, 0.4) is 0 Å². The average molecular weight is 383 g/mol. The Morgan fingerprint density at radius 2 is 1.69 bits per heavy atom. The topological polar surface area (TPSA) is 41.5 Å². The first-order valence-electron chi connectivity index (χ1n) is 7.97. The van der Waals surface area contributed by atoms with E-state index in [4.69, 9.17) is 0 Å². The van der Waals surface area contributed by atoms with E-state index in [-0.39, 0.29) is 31.0 Å². The Balaban J connectivity index is 0.00000243. The first-order chi connectivity index (χ1) is 11.9. The summed E-state index contributed by atoms with van der Waals surface area (Å²) in [5.74, 6) is 0.685. The Hall–Kier alpha value is -2.34. The van der Waals surface area contributed by atoms with Gasteiger partial charge in [-0.25, -0.2) is 0 Å². The SMILES string of the molecule is Cl.O=C(Cc1cccc(C2=NCCN2)c1)Cc1cccc(C(F)(F)F)c1. The minimum Gasteiger partial charge on any atom is -0.368 e. The molecule has 0 saturated carbocycles. The number of ketones is 1. The summed E-state index contributed by atoms with van der Waals surface area (Å²) < 4.78 is 38.2. The lowest BCUT2D eigenvalue weighted by Gasteiger charge is -2.09. The van der Waals surface area contributed by atoms with Gasteiger partial charge in [0.25, 0.3) is 0 Å². The minimum absolute atomic E-state index is 0. The number of carbonyl (C=O) groups excluding carboxylic acids is 1. The molecular formula is C19H18ClF3N2O. The molecule has 3 nitrogen and oxygen atoms in total. The number of nitrogens with one attached hydrogen (secondary N) is 1. The fraction of sp³-hybridized carbons (Fsp3) is 0.263. The predicted octanol–water partition coefficient (Wildman–Crippen LogP) is 3.83. The van der Waals surface area contributed by atoms with Crippen molar-refractivity contribution in [2.45, 2.75) is 19.0 Å². The van der Waals surface area contributed by atoms with Gasteiger partial charge in [0, 0.05) is 24.9 Å². The van der Waals surface area contributed by atoms with Crippen LogP contribution in [0.2, 0.25) is 0 Å². The van der Waals surface area contributed by atoms with Crippen LogP contribution in [0.25, 0.3) is 0 Å². The molecule has 26 heavy (non-hydrogen) atoms. The van der Waals surface area contributed by atoms with Gasteiger partial charge in [0.2, 0.25) is 0 Å². The van der Waals surface area contributed by atoms with Gasteiger partial charge >= 0.3 is 6.18 Å². The van der Waals surface area contributed by atoms with E-state index >= 15 is 0 Å². The van der Waals surface area contributed by atoms with Crippen LogP contribution < -0.4 is 5.32 Å². The van der Waals surface area contributed by atoms with Crippen LogP contribution in [0.1, 0.15) is 22.3 Å². The predicted molar refractivity (Wildman–Crippen MR) is 97.0 cm³/mol. The molecule has 0 amide bonds. The summed E-state index contributed by atoms with van der Waals surface area (Å²) in [6, 6.07) is 12.4. The molecule has 0 radical (unpaired) electrons. The highest BCUT2D eigenvalue weighted by Crippen LogP contribution is 2.29. The maximum atomic E-state index is 12.7. The number of nitrogens with zero attached hydrogens (tertiary/aromatic N) is 1. The number of halogens is 4. The highest BCUT2D eigenvalue weighted by Gasteiger charge is 2.30. The van der Waals surface area contributed by atoms with Crippen molar-refractivity contribution in [3.63, 3.8) is 0 Å². The van der Waals surface area contributed by atoms with Crippen LogP contribution in [-0.2, 0) is 23.8 Å². The third-order valence-electron chi connectivity index (χ3n) is 3.93. The first kappa shape index (κ1) is 20.0. The summed E-state index contributed by atoms with van der Waals surface area (Å²) in [6.07, 6.45) is -4.24. The van der Waals surface area contributed by atoms with Gasteiger partial charge in [-0.1, -0.05) is 36.4 Å². The van der Waals surface area contributed by atoms with Crippen LogP contribution in [0.5, 0.6) is 0 Å². The number of hydrogen-bond acceptors (Lipinski definition) is 3. The van der Waals surface area contributed by atoms with Crippen molar-refractivity contribution in [2.75, 3.05) is 13.1 Å². The molecule has 0 aromatic heterocycles. The molecule has 0 spiro atoms. The zero-order valence-corrected chi connectivity index (χ0v) is 14.7. The van der Waals surface area contributed by atoms with Gasteiger partial charge in [-0.05, 0) is 23.3 Å². The number of benzene rings is 2. The summed E-state index contributed by atoms with van der Waals surface area (Å²) >= 11 is 0. The highest BCUT2D eigenvalue weighted by molar-refractivity contribution is 6.00. The molecule has 138 valence electrons. The second-order valence-corrected chi connectivity index (χ2v) is 5.95. The smallest absolute Gasteiger partial charge is 0.368 e. The van der Waals surface area contributed by atoms with Crippen molar-refractivity contribution in [3.05, 3.63) is 70.8 Å². The molecule has 2 aromatic carbocycles. The summed E-state index contributed by atoms with van der Waals surface area (Å²) in [4.78, 5) is 16.6.